The number of anilines is 1. The molecule has 18 heavy (non-hydrogen) atoms. The molecule has 1 aromatic heterocycles. The molecule has 0 amide bonds. The van der Waals surface area contributed by atoms with E-state index in [-0.39, 0.29) is 0 Å². The third-order valence-electron chi connectivity index (χ3n) is 2.52. The number of hydrogen-bond acceptors (Lipinski definition) is 4. The fourth-order valence-electron chi connectivity index (χ4n) is 1.65. The minimum atomic E-state index is 0.576. The van der Waals surface area contributed by atoms with Crippen molar-refractivity contribution in [2.75, 3.05) is 18.6 Å². The number of ether oxygens (including phenoxy) is 1. The Kier molecular flexibility index (Phi) is 4.52. The van der Waals surface area contributed by atoms with Gasteiger partial charge in [-0.2, -0.15) is 5.10 Å². The lowest BCUT2D eigenvalue weighted by molar-refractivity contribution is 0.405. The molecular formula is C13H17N3OS. The number of benzene rings is 1. The number of nitrogens with zero attached hydrogens (tertiary/aromatic N) is 2. The van der Waals surface area contributed by atoms with Crippen LogP contribution in [-0.4, -0.2) is 22.6 Å². The van der Waals surface area contributed by atoms with Crippen molar-refractivity contribution in [3.63, 3.8) is 0 Å². The van der Waals surface area contributed by atoms with Gasteiger partial charge in [-0.1, -0.05) is 12.1 Å². The van der Waals surface area contributed by atoms with E-state index < -0.39 is 0 Å². The van der Waals surface area contributed by atoms with Gasteiger partial charge in [0.15, 0.2) is 0 Å². The van der Waals surface area contributed by atoms with Gasteiger partial charge in [0, 0.05) is 17.6 Å². The molecule has 0 spiro atoms. The molecule has 4 nitrogen and oxygen atoms in total. The Morgan fingerprint density at radius 3 is 2.89 bits per heavy atom. The average molecular weight is 263 g/mol. The summed E-state index contributed by atoms with van der Waals surface area (Å²) in [5.74, 6) is 2.54. The van der Waals surface area contributed by atoms with Gasteiger partial charge in [-0.05, 0) is 30.4 Å². The van der Waals surface area contributed by atoms with Crippen LogP contribution in [0.4, 0.5) is 5.82 Å². The third-order valence-corrected chi connectivity index (χ3v) is 3.66. The summed E-state index contributed by atoms with van der Waals surface area (Å²) in [6.45, 7) is 0.888. The minimum absolute atomic E-state index is 0.576. The maximum absolute atomic E-state index is 5.56. The quantitative estimate of drug-likeness (QED) is 0.643. The number of rotatable bonds is 6. The Morgan fingerprint density at radius 2 is 2.17 bits per heavy atom. The normalized spacial score (nSPS) is 10.5. The number of thioether (sulfide) groups is 1. The first-order valence-electron chi connectivity index (χ1n) is 5.84. The van der Waals surface area contributed by atoms with Crippen molar-refractivity contribution in [3.05, 3.63) is 36.5 Å². The molecular weight excluding hydrogens is 246 g/mol. The zero-order valence-corrected chi connectivity index (χ0v) is 11.2. The lowest BCUT2D eigenvalue weighted by Gasteiger charge is -2.07. The van der Waals surface area contributed by atoms with Crippen molar-refractivity contribution in [2.45, 2.75) is 17.9 Å². The molecule has 0 fully saturated rings. The monoisotopic (exact) mass is 263 g/mol. The highest BCUT2D eigenvalue weighted by molar-refractivity contribution is 7.99. The van der Waals surface area contributed by atoms with Crippen LogP contribution in [0.3, 0.4) is 0 Å². The van der Waals surface area contributed by atoms with E-state index in [2.05, 4.69) is 11.2 Å². The number of hydrogen-bond donors (Lipinski definition) is 1. The second kappa shape index (κ2) is 6.35. The molecule has 2 rings (SSSR count). The van der Waals surface area contributed by atoms with Gasteiger partial charge in [0.1, 0.15) is 11.6 Å². The molecule has 0 bridgehead atoms. The zero-order valence-electron chi connectivity index (χ0n) is 10.4. The zero-order chi connectivity index (χ0) is 12.8. The molecule has 2 N–H and O–H groups in total. The van der Waals surface area contributed by atoms with Crippen LogP contribution in [0.2, 0.25) is 0 Å². The van der Waals surface area contributed by atoms with Crippen molar-refractivity contribution in [3.8, 4) is 5.75 Å². The molecule has 96 valence electrons. The standard InChI is InChI=1S/C13H17N3OS/c1-17-11-5-2-3-6-12(11)18-10-4-8-16-9-7-13(14)15-16/h2-3,5-7,9H,4,8,10H2,1H3,(H2,14,15). The first-order valence-corrected chi connectivity index (χ1v) is 6.83. The van der Waals surface area contributed by atoms with Gasteiger partial charge in [-0.25, -0.2) is 0 Å². The second-order valence-electron chi connectivity index (χ2n) is 3.86. The van der Waals surface area contributed by atoms with Gasteiger partial charge in [-0.3, -0.25) is 4.68 Å². The summed E-state index contributed by atoms with van der Waals surface area (Å²) in [7, 11) is 1.70. The Balaban J connectivity index is 1.78. The van der Waals surface area contributed by atoms with Crippen molar-refractivity contribution < 1.29 is 4.74 Å². The Hall–Kier alpha value is -1.62. The third kappa shape index (κ3) is 3.43. The van der Waals surface area contributed by atoms with Gasteiger partial charge in [0.25, 0.3) is 0 Å². The van der Waals surface area contributed by atoms with Gasteiger partial charge in [0.2, 0.25) is 0 Å². The van der Waals surface area contributed by atoms with Crippen molar-refractivity contribution in [1.82, 2.24) is 9.78 Å². The first kappa shape index (κ1) is 12.8. The topological polar surface area (TPSA) is 53.1 Å². The SMILES string of the molecule is COc1ccccc1SCCCn1ccc(N)n1. The van der Waals surface area contributed by atoms with E-state index in [0.29, 0.717) is 5.82 Å². The summed E-state index contributed by atoms with van der Waals surface area (Å²) >= 11 is 1.80. The Labute approximate surface area is 111 Å². The van der Waals surface area contributed by atoms with E-state index >= 15 is 0 Å². The number of methoxy groups -OCH3 is 1. The summed E-state index contributed by atoms with van der Waals surface area (Å²) in [5.41, 5.74) is 5.56. The highest BCUT2D eigenvalue weighted by Crippen LogP contribution is 2.28. The van der Waals surface area contributed by atoms with Gasteiger partial charge in [0.05, 0.1) is 7.11 Å². The van der Waals surface area contributed by atoms with Crippen LogP contribution in [0.1, 0.15) is 6.42 Å². The molecule has 0 atom stereocenters. The van der Waals surface area contributed by atoms with Crippen LogP contribution < -0.4 is 10.5 Å². The average Bonchev–Trinajstić information content (AvgIpc) is 2.81. The molecule has 2 aromatic rings. The van der Waals surface area contributed by atoms with Crippen LogP contribution in [0.25, 0.3) is 0 Å². The second-order valence-corrected chi connectivity index (χ2v) is 4.99. The smallest absolute Gasteiger partial charge is 0.145 e. The highest BCUT2D eigenvalue weighted by Gasteiger charge is 2.02. The predicted octanol–water partition coefficient (Wildman–Crippen LogP) is 2.66. The van der Waals surface area contributed by atoms with Gasteiger partial charge < -0.3 is 10.5 Å². The molecule has 0 aliphatic carbocycles. The maximum Gasteiger partial charge on any atom is 0.145 e. The summed E-state index contributed by atoms with van der Waals surface area (Å²) in [6, 6.07) is 9.88. The molecule has 1 aromatic carbocycles. The van der Waals surface area contributed by atoms with E-state index in [1.807, 2.05) is 35.1 Å². The molecule has 0 aliphatic rings. The number of aromatic nitrogens is 2. The van der Waals surface area contributed by atoms with Crippen LogP contribution in [0, 0.1) is 0 Å². The summed E-state index contributed by atoms with van der Waals surface area (Å²) in [6.07, 6.45) is 2.95. The maximum atomic E-state index is 5.56. The number of para-hydroxylation sites is 1. The van der Waals surface area contributed by atoms with Crippen LogP contribution >= 0.6 is 11.8 Å². The Bertz CT molecular complexity index is 498. The number of nitrogens with two attached hydrogens (primary N) is 1. The molecule has 0 saturated heterocycles. The summed E-state index contributed by atoms with van der Waals surface area (Å²) < 4.78 is 7.18. The van der Waals surface area contributed by atoms with E-state index in [1.54, 1.807) is 18.9 Å². The van der Waals surface area contributed by atoms with E-state index in [4.69, 9.17) is 10.5 Å². The van der Waals surface area contributed by atoms with E-state index in [0.717, 1.165) is 24.5 Å². The molecule has 0 saturated carbocycles. The molecule has 0 radical (unpaired) electrons. The predicted molar refractivity (Wildman–Crippen MR) is 75.0 cm³/mol. The lowest BCUT2D eigenvalue weighted by Crippen LogP contribution is -2.00. The molecule has 0 aliphatic heterocycles. The number of aryl methyl sites for hydroxylation is 1. The summed E-state index contributed by atoms with van der Waals surface area (Å²) in [5, 5.41) is 4.15. The van der Waals surface area contributed by atoms with Crippen molar-refractivity contribution in [2.24, 2.45) is 0 Å². The van der Waals surface area contributed by atoms with Gasteiger partial charge >= 0.3 is 0 Å². The highest BCUT2D eigenvalue weighted by atomic mass is 32.2. The molecule has 1 heterocycles. The minimum Gasteiger partial charge on any atom is -0.496 e. The van der Waals surface area contributed by atoms with Crippen LogP contribution in [-0.2, 0) is 6.54 Å². The van der Waals surface area contributed by atoms with Gasteiger partial charge in [-0.15, -0.1) is 11.8 Å². The lowest BCUT2D eigenvalue weighted by atomic mass is 10.3. The fourth-order valence-corrected chi connectivity index (χ4v) is 2.61. The fraction of sp³-hybridized carbons (Fsp3) is 0.308. The largest absolute Gasteiger partial charge is 0.496 e. The van der Waals surface area contributed by atoms with E-state index in [9.17, 15) is 0 Å². The van der Waals surface area contributed by atoms with Crippen LogP contribution in [0.5, 0.6) is 5.75 Å². The van der Waals surface area contributed by atoms with Crippen LogP contribution in [0.15, 0.2) is 41.4 Å². The Morgan fingerprint density at radius 1 is 1.33 bits per heavy atom. The number of nitrogen functional groups attached to an aromatic ring is 1. The summed E-state index contributed by atoms with van der Waals surface area (Å²) in [4.78, 5) is 1.18. The first-order chi connectivity index (χ1) is 8.79. The molecule has 0 unspecified atom stereocenters. The van der Waals surface area contributed by atoms with E-state index in [1.165, 1.54) is 4.90 Å². The molecule has 5 heteroatoms. The van der Waals surface area contributed by atoms with Crippen molar-refractivity contribution >= 4 is 17.6 Å². The van der Waals surface area contributed by atoms with Crippen molar-refractivity contribution in [1.29, 1.82) is 0 Å².